The molecule has 0 aliphatic carbocycles. The van der Waals surface area contributed by atoms with E-state index < -0.39 is 5.91 Å². The van der Waals surface area contributed by atoms with Crippen LogP contribution in [-0.2, 0) is 0 Å². The third kappa shape index (κ3) is 5.21. The van der Waals surface area contributed by atoms with Crippen molar-refractivity contribution in [3.8, 4) is 11.3 Å². The topological polar surface area (TPSA) is 57.5 Å². The molecule has 0 spiro atoms. The third-order valence-electron chi connectivity index (χ3n) is 5.16. The SMILES string of the molecule is O=C(NC(=S)Nc1cccc(Cl)c1N1CCCCC1)c1ccc(-c2cc(Cl)ccc2Cl)o1. The van der Waals surface area contributed by atoms with E-state index in [9.17, 15) is 4.79 Å². The molecule has 0 unspecified atom stereocenters. The number of para-hydroxylation sites is 1. The Bertz CT molecular complexity index is 1160. The summed E-state index contributed by atoms with van der Waals surface area (Å²) in [5, 5.41) is 7.52. The molecule has 9 heteroatoms. The molecule has 32 heavy (non-hydrogen) atoms. The summed E-state index contributed by atoms with van der Waals surface area (Å²) in [6.07, 6.45) is 3.44. The molecule has 1 saturated heterocycles. The lowest BCUT2D eigenvalue weighted by atomic mass is 10.1. The molecular weight excluding hydrogens is 489 g/mol. The molecule has 1 aliphatic heterocycles. The molecule has 1 amide bonds. The van der Waals surface area contributed by atoms with Gasteiger partial charge in [0.15, 0.2) is 10.9 Å². The minimum Gasteiger partial charge on any atom is -0.451 e. The van der Waals surface area contributed by atoms with E-state index >= 15 is 0 Å². The molecule has 0 bridgehead atoms. The number of hydrogen-bond donors (Lipinski definition) is 2. The van der Waals surface area contributed by atoms with Crippen molar-refractivity contribution in [2.45, 2.75) is 19.3 Å². The van der Waals surface area contributed by atoms with Gasteiger partial charge in [-0.15, -0.1) is 0 Å². The van der Waals surface area contributed by atoms with Crippen LogP contribution in [0.2, 0.25) is 15.1 Å². The van der Waals surface area contributed by atoms with E-state index in [0.29, 0.717) is 26.4 Å². The van der Waals surface area contributed by atoms with Gasteiger partial charge in [0.2, 0.25) is 0 Å². The lowest BCUT2D eigenvalue weighted by Crippen LogP contribution is -2.35. The Balaban J connectivity index is 1.46. The Morgan fingerprint density at radius 2 is 1.75 bits per heavy atom. The van der Waals surface area contributed by atoms with Crippen LogP contribution in [0.1, 0.15) is 29.8 Å². The number of amides is 1. The number of nitrogens with zero attached hydrogens (tertiary/aromatic N) is 1. The van der Waals surface area contributed by atoms with E-state index in [4.69, 9.17) is 51.4 Å². The summed E-state index contributed by atoms with van der Waals surface area (Å²) in [6.45, 7) is 1.86. The number of anilines is 2. The molecule has 1 aromatic heterocycles. The molecule has 2 aromatic carbocycles. The fourth-order valence-corrected chi connectivity index (χ4v) is 4.54. The monoisotopic (exact) mass is 507 g/mol. The summed E-state index contributed by atoms with van der Waals surface area (Å²) >= 11 is 24.1. The van der Waals surface area contributed by atoms with Crippen LogP contribution in [0.15, 0.2) is 52.9 Å². The van der Waals surface area contributed by atoms with Gasteiger partial charge in [-0.3, -0.25) is 10.1 Å². The van der Waals surface area contributed by atoms with Gasteiger partial charge in [-0.25, -0.2) is 0 Å². The van der Waals surface area contributed by atoms with Crippen LogP contribution in [-0.4, -0.2) is 24.1 Å². The highest BCUT2D eigenvalue weighted by molar-refractivity contribution is 7.80. The molecule has 166 valence electrons. The third-order valence-corrected chi connectivity index (χ3v) is 6.23. The van der Waals surface area contributed by atoms with Crippen molar-refractivity contribution in [2.24, 2.45) is 0 Å². The lowest BCUT2D eigenvalue weighted by molar-refractivity contribution is 0.0951. The first-order chi connectivity index (χ1) is 15.4. The zero-order chi connectivity index (χ0) is 22.7. The van der Waals surface area contributed by atoms with Gasteiger partial charge < -0.3 is 14.6 Å². The Kier molecular flexibility index (Phi) is 7.26. The molecule has 0 atom stereocenters. The number of piperidine rings is 1. The number of nitrogens with one attached hydrogen (secondary N) is 2. The Labute approximate surface area is 206 Å². The highest BCUT2D eigenvalue weighted by Crippen LogP contribution is 2.36. The van der Waals surface area contributed by atoms with Crippen molar-refractivity contribution in [3.05, 3.63) is 69.4 Å². The van der Waals surface area contributed by atoms with Crippen LogP contribution < -0.4 is 15.5 Å². The van der Waals surface area contributed by atoms with Crippen molar-refractivity contribution in [2.75, 3.05) is 23.3 Å². The largest absolute Gasteiger partial charge is 0.451 e. The molecule has 5 nitrogen and oxygen atoms in total. The zero-order valence-corrected chi connectivity index (χ0v) is 20.0. The van der Waals surface area contributed by atoms with Gasteiger partial charge in [0.25, 0.3) is 5.91 Å². The smallest absolute Gasteiger partial charge is 0.293 e. The molecule has 0 radical (unpaired) electrons. The maximum Gasteiger partial charge on any atom is 0.293 e. The summed E-state index contributed by atoms with van der Waals surface area (Å²) in [5.74, 6) is 0.0553. The number of thiocarbonyl (C=S) groups is 1. The summed E-state index contributed by atoms with van der Waals surface area (Å²) in [4.78, 5) is 14.9. The van der Waals surface area contributed by atoms with E-state index in [1.165, 1.54) is 6.42 Å². The molecule has 0 saturated carbocycles. The van der Waals surface area contributed by atoms with Gasteiger partial charge in [-0.05, 0) is 73.9 Å². The molecule has 3 aromatic rings. The Hall–Kier alpha value is -2.25. The normalized spacial score (nSPS) is 13.7. The quantitative estimate of drug-likeness (QED) is 0.371. The van der Waals surface area contributed by atoms with Crippen molar-refractivity contribution in [3.63, 3.8) is 0 Å². The van der Waals surface area contributed by atoms with E-state index in [1.807, 2.05) is 18.2 Å². The summed E-state index contributed by atoms with van der Waals surface area (Å²) in [5.41, 5.74) is 2.24. The first-order valence-corrected chi connectivity index (χ1v) is 11.7. The van der Waals surface area contributed by atoms with Crippen LogP contribution in [0.3, 0.4) is 0 Å². The molecule has 2 heterocycles. The highest BCUT2D eigenvalue weighted by Gasteiger charge is 2.20. The van der Waals surface area contributed by atoms with Crippen LogP contribution >= 0.6 is 47.0 Å². The number of furan rings is 1. The number of rotatable bonds is 4. The maximum absolute atomic E-state index is 12.7. The first-order valence-electron chi connectivity index (χ1n) is 10.1. The van der Waals surface area contributed by atoms with Crippen LogP contribution in [0.5, 0.6) is 0 Å². The minimum atomic E-state index is -0.478. The van der Waals surface area contributed by atoms with E-state index in [2.05, 4.69) is 15.5 Å². The molecule has 4 rings (SSSR count). The second-order valence-electron chi connectivity index (χ2n) is 7.38. The Morgan fingerprint density at radius 3 is 2.53 bits per heavy atom. The predicted octanol–water partition coefficient (Wildman–Crippen LogP) is 7.02. The number of carbonyl (C=O) groups is 1. The Morgan fingerprint density at radius 1 is 0.969 bits per heavy atom. The van der Waals surface area contributed by atoms with E-state index in [-0.39, 0.29) is 10.9 Å². The fraction of sp³-hybridized carbons (Fsp3) is 0.217. The average Bonchev–Trinajstić information content (AvgIpc) is 3.26. The second kappa shape index (κ2) is 10.1. The first kappa shape index (κ1) is 22.9. The van der Waals surface area contributed by atoms with Crippen LogP contribution in [0, 0.1) is 0 Å². The van der Waals surface area contributed by atoms with E-state index in [1.54, 1.807) is 30.3 Å². The summed E-state index contributed by atoms with van der Waals surface area (Å²) in [7, 11) is 0. The minimum absolute atomic E-state index is 0.0996. The predicted molar refractivity (Wildman–Crippen MR) is 135 cm³/mol. The van der Waals surface area contributed by atoms with Crippen molar-refractivity contribution in [1.29, 1.82) is 0 Å². The maximum atomic E-state index is 12.7. The molecule has 1 aliphatic rings. The molecule has 2 N–H and O–H groups in total. The van der Waals surface area contributed by atoms with Crippen LogP contribution in [0.25, 0.3) is 11.3 Å². The number of carbonyl (C=O) groups excluding carboxylic acids is 1. The van der Waals surface area contributed by atoms with Crippen molar-refractivity contribution < 1.29 is 9.21 Å². The summed E-state index contributed by atoms with van der Waals surface area (Å²) < 4.78 is 5.68. The van der Waals surface area contributed by atoms with Gasteiger partial charge in [0.05, 0.1) is 21.4 Å². The van der Waals surface area contributed by atoms with Crippen molar-refractivity contribution >= 4 is 69.4 Å². The van der Waals surface area contributed by atoms with Gasteiger partial charge in [-0.2, -0.15) is 0 Å². The molecule has 1 fully saturated rings. The van der Waals surface area contributed by atoms with Gasteiger partial charge in [0, 0.05) is 23.7 Å². The van der Waals surface area contributed by atoms with Gasteiger partial charge >= 0.3 is 0 Å². The fourth-order valence-electron chi connectivity index (χ4n) is 3.66. The van der Waals surface area contributed by atoms with Gasteiger partial charge in [-0.1, -0.05) is 40.9 Å². The lowest BCUT2D eigenvalue weighted by Gasteiger charge is -2.31. The second-order valence-corrected chi connectivity index (χ2v) is 9.04. The number of hydrogen-bond acceptors (Lipinski definition) is 4. The number of benzene rings is 2. The molecular formula is C23H20Cl3N3O2S. The van der Waals surface area contributed by atoms with Crippen LogP contribution in [0.4, 0.5) is 11.4 Å². The number of halogens is 3. The average molecular weight is 509 g/mol. The zero-order valence-electron chi connectivity index (χ0n) is 17.0. The van der Waals surface area contributed by atoms with Crippen molar-refractivity contribution in [1.82, 2.24) is 5.32 Å². The standard InChI is InChI=1S/C23H20Cl3N3O2S/c24-14-7-8-16(25)15(13-14)19-9-10-20(31-19)22(30)28-23(32)27-18-6-4-5-17(26)21(18)29-11-2-1-3-12-29/h4-10,13H,1-3,11-12H2,(H2,27,28,30,32). The highest BCUT2D eigenvalue weighted by atomic mass is 35.5. The summed E-state index contributed by atoms with van der Waals surface area (Å²) in [6, 6.07) is 13.8. The van der Waals surface area contributed by atoms with Gasteiger partial charge in [0.1, 0.15) is 5.76 Å². The van der Waals surface area contributed by atoms with E-state index in [0.717, 1.165) is 37.3 Å².